The van der Waals surface area contributed by atoms with E-state index in [-0.39, 0.29) is 43.9 Å². The van der Waals surface area contributed by atoms with E-state index >= 15 is 0 Å². The molecule has 5 unspecified atom stereocenters. The number of halogens is 1. The van der Waals surface area contributed by atoms with Gasteiger partial charge in [-0.2, -0.15) is 0 Å². The molecule has 6 nitrogen and oxygen atoms in total. The molecular weight excluding hydrogens is 347 g/mol. The first-order valence-electron chi connectivity index (χ1n) is 4.59. The molecule has 0 spiro atoms. The summed E-state index contributed by atoms with van der Waals surface area (Å²) in [6, 6.07) is -0.758. The summed E-state index contributed by atoms with van der Waals surface area (Å²) in [5.41, 5.74) is 5.85. The maximum absolute atomic E-state index is 11.1. The molecular formula is C7H15BINO5P-. The van der Waals surface area contributed by atoms with Crippen LogP contribution in [0.5, 0.6) is 0 Å². The van der Waals surface area contributed by atoms with Gasteiger partial charge in [0.2, 0.25) is 0 Å². The van der Waals surface area contributed by atoms with E-state index < -0.39 is 13.8 Å². The van der Waals surface area contributed by atoms with E-state index in [1.807, 2.05) is 0 Å². The van der Waals surface area contributed by atoms with Crippen LogP contribution in [0.25, 0.3) is 0 Å². The molecule has 0 amide bonds. The molecule has 94 valence electrons. The van der Waals surface area contributed by atoms with Gasteiger partial charge in [0.15, 0.2) is 0 Å². The fourth-order valence-corrected chi connectivity index (χ4v) is 4.29. The molecule has 16 heavy (non-hydrogen) atoms. The average molecular weight is 362 g/mol. The Kier molecular flexibility index (Phi) is 5.70. The van der Waals surface area contributed by atoms with E-state index in [0.717, 1.165) is 7.11 Å². The Labute approximate surface area is 106 Å². The Morgan fingerprint density at radius 3 is 2.81 bits per heavy atom. The van der Waals surface area contributed by atoms with Crippen LogP contribution in [0.3, 0.4) is 0 Å². The number of phosphoric acid groups is 1. The number of hydrogen-bond acceptors (Lipinski definition) is 5. The van der Waals surface area contributed by atoms with Gasteiger partial charge in [0.25, 0.3) is 0 Å². The monoisotopic (exact) mass is 362 g/mol. The van der Waals surface area contributed by atoms with Crippen molar-refractivity contribution in [2.75, 3.05) is 18.6 Å². The molecule has 9 heteroatoms. The van der Waals surface area contributed by atoms with E-state index in [1.165, 1.54) is 0 Å². The van der Waals surface area contributed by atoms with Crippen LogP contribution in [-0.2, 0) is 18.3 Å². The molecule has 0 aliphatic carbocycles. The van der Waals surface area contributed by atoms with E-state index in [9.17, 15) is 4.57 Å². The summed E-state index contributed by atoms with van der Waals surface area (Å²) >= 11 is -0.180. The number of hydrogen-bond donors (Lipinski definition) is 2. The zero-order valence-electron chi connectivity index (χ0n) is 9.08. The van der Waals surface area contributed by atoms with Gasteiger partial charge in [0, 0.05) is 0 Å². The summed E-state index contributed by atoms with van der Waals surface area (Å²) in [5.74, 6) is 0. The van der Waals surface area contributed by atoms with Gasteiger partial charge >= 0.3 is 107 Å². The van der Waals surface area contributed by atoms with Crippen LogP contribution in [0.2, 0.25) is 0 Å². The van der Waals surface area contributed by atoms with Gasteiger partial charge in [-0.25, -0.2) is 0 Å². The molecule has 5 atom stereocenters. The van der Waals surface area contributed by atoms with Crippen LogP contribution in [-0.4, -0.2) is 53.5 Å². The van der Waals surface area contributed by atoms with Crippen molar-refractivity contribution < 1.29 is 44.4 Å². The third kappa shape index (κ3) is 3.66. The quantitative estimate of drug-likeness (QED) is 0.225. The minimum atomic E-state index is -3.95. The number of phosphoric ester groups is 1. The summed E-state index contributed by atoms with van der Waals surface area (Å²) in [6.07, 6.45) is -0.321. The van der Waals surface area contributed by atoms with Crippen molar-refractivity contribution in [1.29, 1.82) is 0 Å². The fourth-order valence-electron chi connectivity index (χ4n) is 1.43. The first-order valence-corrected chi connectivity index (χ1v) is 9.49. The first-order chi connectivity index (χ1) is 7.41. The predicted molar refractivity (Wildman–Crippen MR) is 54.9 cm³/mol. The third-order valence-corrected chi connectivity index (χ3v) is 6.33. The van der Waals surface area contributed by atoms with Crippen LogP contribution in [0.15, 0.2) is 0 Å². The molecule has 0 saturated carbocycles. The van der Waals surface area contributed by atoms with Crippen molar-refractivity contribution in [3.05, 3.63) is 0 Å². The molecule has 0 bridgehead atoms. The van der Waals surface area contributed by atoms with E-state index in [2.05, 4.69) is 9.45 Å². The van der Waals surface area contributed by atoms with Crippen LogP contribution < -0.4 is 26.9 Å². The summed E-state index contributed by atoms with van der Waals surface area (Å²) in [7, 11) is 2.82. The Bertz CT molecular complexity index is 284. The Balaban J connectivity index is 2.52. The fraction of sp³-hybridized carbons (Fsp3) is 1.00. The molecule has 0 aromatic heterocycles. The van der Waals surface area contributed by atoms with Crippen LogP contribution in [0.4, 0.5) is 0 Å². The molecule has 2 radical (unpaired) electrons. The van der Waals surface area contributed by atoms with Crippen molar-refractivity contribution in [1.82, 2.24) is 0 Å². The van der Waals surface area contributed by atoms with Gasteiger partial charge in [0.05, 0.1) is 0 Å². The van der Waals surface area contributed by atoms with Gasteiger partial charge in [-0.15, -0.1) is 0 Å². The molecule has 1 heterocycles. The van der Waals surface area contributed by atoms with Gasteiger partial charge in [-0.3, -0.25) is 0 Å². The summed E-state index contributed by atoms with van der Waals surface area (Å²) < 4.78 is 25.7. The van der Waals surface area contributed by atoms with Crippen molar-refractivity contribution in [3.8, 4) is 0 Å². The Morgan fingerprint density at radius 2 is 2.31 bits per heavy atom. The van der Waals surface area contributed by atoms with Crippen molar-refractivity contribution in [2.45, 2.75) is 22.1 Å². The van der Waals surface area contributed by atoms with Gasteiger partial charge in [-0.05, 0) is 0 Å². The number of rotatable bonds is 5. The minimum absolute atomic E-state index is 0.0265. The molecule has 1 aliphatic heterocycles. The van der Waals surface area contributed by atoms with Crippen molar-refractivity contribution in [3.63, 3.8) is 0 Å². The summed E-state index contributed by atoms with van der Waals surface area (Å²) in [5, 5.41) is 0. The van der Waals surface area contributed by atoms with Crippen LogP contribution in [0, 0.1) is 0 Å². The number of nitrogens with two attached hydrogens (primary N) is 1. The second-order valence-electron chi connectivity index (χ2n) is 3.33. The second kappa shape index (κ2) is 6.13. The number of ether oxygens (including phenoxy) is 1. The Morgan fingerprint density at radius 1 is 1.69 bits per heavy atom. The first kappa shape index (κ1) is 14.9. The summed E-state index contributed by atoms with van der Waals surface area (Å²) in [4.78, 5) is 11.1. The number of alkyl halides is 2. The molecule has 1 fully saturated rings. The molecule has 1 aliphatic rings. The van der Waals surface area contributed by atoms with E-state index in [0.29, 0.717) is 0 Å². The maximum atomic E-state index is 11.1. The molecule has 0 aromatic rings. The second-order valence-corrected chi connectivity index (χ2v) is 7.57. The van der Waals surface area contributed by atoms with Gasteiger partial charge in [0.1, 0.15) is 0 Å². The SMILES string of the molecule is [B]C1OC(COP(=O)(O)OC)C([I-]C)C1N. The van der Waals surface area contributed by atoms with Crippen LogP contribution >= 0.6 is 7.82 Å². The predicted octanol–water partition coefficient (Wildman–Crippen LogP) is -3.94. The molecule has 3 N–H and O–H groups in total. The van der Waals surface area contributed by atoms with E-state index in [1.54, 1.807) is 0 Å². The van der Waals surface area contributed by atoms with Crippen molar-refractivity contribution in [2.24, 2.45) is 5.73 Å². The zero-order valence-corrected chi connectivity index (χ0v) is 12.1. The van der Waals surface area contributed by atoms with E-state index in [4.69, 9.17) is 27.7 Å². The topological polar surface area (TPSA) is 91.0 Å². The summed E-state index contributed by atoms with van der Waals surface area (Å²) in [6.45, 7) is -0.0265. The Hall–Kier alpha value is 0.825. The van der Waals surface area contributed by atoms with Gasteiger partial charge < -0.3 is 0 Å². The molecule has 0 aromatic carbocycles. The normalized spacial score (nSPS) is 38.8. The van der Waals surface area contributed by atoms with Gasteiger partial charge in [-0.1, -0.05) is 0 Å². The third-order valence-electron chi connectivity index (χ3n) is 2.32. The standard InChI is InChI=1S/C7H15BINO5P/c1-9-5-4(15-7(8)6(5)10)3-14-16(11,12)13-2/h4-7H,3,10H2,1-2H3,(H,11,12)/q-1. The molecule has 1 saturated heterocycles. The van der Waals surface area contributed by atoms with Crippen LogP contribution in [0.1, 0.15) is 0 Å². The molecule has 1 rings (SSSR count). The van der Waals surface area contributed by atoms with Crippen molar-refractivity contribution >= 4 is 15.7 Å². The zero-order chi connectivity index (χ0) is 12.3. The average Bonchev–Trinajstić information content (AvgIpc) is 2.52.